The van der Waals surface area contributed by atoms with Crippen molar-refractivity contribution in [3.63, 3.8) is 0 Å². The minimum Gasteiger partial charge on any atom is -0.446 e. The van der Waals surface area contributed by atoms with Crippen LogP contribution in [0.5, 0.6) is 5.75 Å². The fourth-order valence-corrected chi connectivity index (χ4v) is 3.09. The van der Waals surface area contributed by atoms with E-state index in [1.54, 1.807) is 30.6 Å². The minimum atomic E-state index is -1.84. The quantitative estimate of drug-likeness (QED) is 0.383. The van der Waals surface area contributed by atoms with Gasteiger partial charge in [0.2, 0.25) is 0 Å². The van der Waals surface area contributed by atoms with E-state index in [9.17, 15) is 0 Å². The Hall–Kier alpha value is -1.72. The van der Waals surface area contributed by atoms with E-state index in [4.69, 9.17) is 51.1 Å². The lowest BCUT2D eigenvalue weighted by Crippen LogP contribution is -2.12. The highest BCUT2D eigenvalue weighted by atomic mass is 35.6. The number of alkyl halides is 3. The second-order valence-electron chi connectivity index (χ2n) is 5.29. The topological polar surface area (TPSA) is 39.9 Å². The summed E-state index contributed by atoms with van der Waals surface area (Å²) < 4.78 is 5.26. The Balaban J connectivity index is 1.86. The monoisotopic (exact) mass is 411 g/mol. The molecule has 4 rings (SSSR count). The normalized spacial score (nSPS) is 12.0. The average Bonchev–Trinajstić information content (AvgIpc) is 2.97. The first kappa shape index (κ1) is 16.7. The van der Waals surface area contributed by atoms with E-state index in [1.807, 2.05) is 28.8 Å². The van der Waals surface area contributed by atoms with Crippen LogP contribution in [0.4, 0.5) is 0 Å². The van der Waals surface area contributed by atoms with Crippen LogP contribution < -0.4 is 4.74 Å². The Morgan fingerprint density at radius 1 is 1.00 bits per heavy atom. The fourth-order valence-electron chi connectivity index (χ4n) is 2.60. The van der Waals surface area contributed by atoms with Crippen LogP contribution in [0.25, 0.3) is 27.8 Å². The van der Waals surface area contributed by atoms with Gasteiger partial charge in [0.25, 0.3) is 0 Å². The van der Waals surface area contributed by atoms with Crippen LogP contribution in [0.3, 0.4) is 0 Å². The van der Waals surface area contributed by atoms with Gasteiger partial charge in [-0.05, 0) is 65.1 Å². The van der Waals surface area contributed by atoms with E-state index < -0.39 is 3.98 Å². The molecule has 0 atom stereocenters. The highest BCUT2D eigenvalue weighted by Crippen LogP contribution is 2.32. The smallest absolute Gasteiger partial charge is 0.338 e. The van der Waals surface area contributed by atoms with E-state index in [-0.39, 0.29) is 0 Å². The van der Waals surface area contributed by atoms with E-state index in [0.29, 0.717) is 16.6 Å². The minimum absolute atomic E-state index is 0.410. The molecule has 0 radical (unpaired) electrons. The second kappa shape index (κ2) is 6.22. The van der Waals surface area contributed by atoms with Gasteiger partial charge in [-0.15, -0.1) is 0 Å². The van der Waals surface area contributed by atoms with Crippen molar-refractivity contribution >= 4 is 68.3 Å². The molecule has 2 heterocycles. The van der Waals surface area contributed by atoms with E-state index in [2.05, 4.69) is 9.97 Å². The Kier molecular flexibility index (Phi) is 4.16. The number of para-hydroxylation sites is 1. The molecule has 0 bridgehead atoms. The van der Waals surface area contributed by atoms with Gasteiger partial charge in [0.1, 0.15) is 17.9 Å². The molecule has 0 saturated carbocycles. The molecule has 0 aliphatic rings. The van der Waals surface area contributed by atoms with Crippen molar-refractivity contribution < 1.29 is 4.74 Å². The van der Waals surface area contributed by atoms with Gasteiger partial charge in [0, 0.05) is 11.5 Å². The van der Waals surface area contributed by atoms with Crippen molar-refractivity contribution in [1.82, 2.24) is 14.5 Å². The number of benzene rings is 2. The van der Waals surface area contributed by atoms with E-state index in [0.717, 1.165) is 21.9 Å². The van der Waals surface area contributed by atoms with Gasteiger partial charge in [0.05, 0.1) is 21.6 Å². The number of ether oxygens (including phenoxy) is 1. The first-order valence-corrected chi connectivity index (χ1v) is 8.70. The predicted octanol–water partition coefficient (Wildman–Crippen LogP) is 5.93. The molecule has 4 aromatic rings. The zero-order chi connectivity index (χ0) is 17.6. The maximum atomic E-state index is 6.26. The Morgan fingerprint density at radius 2 is 1.84 bits per heavy atom. The van der Waals surface area contributed by atoms with Gasteiger partial charge in [-0.1, -0.05) is 23.7 Å². The van der Waals surface area contributed by atoms with Crippen LogP contribution >= 0.6 is 46.4 Å². The van der Waals surface area contributed by atoms with Crippen molar-refractivity contribution in [3.05, 3.63) is 59.9 Å². The molecule has 0 N–H and O–H groups in total. The van der Waals surface area contributed by atoms with Crippen LogP contribution in [-0.4, -0.2) is 18.5 Å². The Labute approximate surface area is 162 Å². The third-order valence-electron chi connectivity index (χ3n) is 3.66. The summed E-state index contributed by atoms with van der Waals surface area (Å²) in [5.41, 5.74) is 2.25. The van der Waals surface area contributed by atoms with Crippen molar-refractivity contribution in [2.24, 2.45) is 0 Å². The van der Waals surface area contributed by atoms with Crippen LogP contribution in [-0.2, 0) is 0 Å². The standard InChI is InChI=1S/C17H9Cl4N3O/c18-12-3-1-2-10-4-7-15(23-16(10)12)24-9-22-13-6-5-11(8-14(13)24)25-17(19,20)21/h1-9H. The molecule has 0 saturated heterocycles. The van der Waals surface area contributed by atoms with Crippen LogP contribution in [0.2, 0.25) is 5.02 Å². The van der Waals surface area contributed by atoms with E-state index in [1.165, 1.54) is 0 Å². The van der Waals surface area contributed by atoms with Crippen LogP contribution in [0.1, 0.15) is 0 Å². The molecule has 0 aliphatic heterocycles. The summed E-state index contributed by atoms with van der Waals surface area (Å²) in [5.74, 6) is 1.09. The largest absolute Gasteiger partial charge is 0.446 e. The zero-order valence-corrected chi connectivity index (χ0v) is 15.5. The summed E-state index contributed by atoms with van der Waals surface area (Å²) in [7, 11) is 0. The van der Waals surface area contributed by atoms with Crippen molar-refractivity contribution in [1.29, 1.82) is 0 Å². The third-order valence-corrected chi connectivity index (χ3v) is 4.19. The summed E-state index contributed by atoms with van der Waals surface area (Å²) in [6, 6.07) is 14.7. The molecule has 8 heteroatoms. The number of nitrogens with zero attached hydrogens (tertiary/aromatic N) is 3. The molecule has 2 aromatic carbocycles. The first-order chi connectivity index (χ1) is 11.9. The van der Waals surface area contributed by atoms with Gasteiger partial charge >= 0.3 is 3.98 Å². The molecule has 0 amide bonds. The molecule has 126 valence electrons. The average molecular weight is 413 g/mol. The highest BCUT2D eigenvalue weighted by molar-refractivity contribution is 6.66. The van der Waals surface area contributed by atoms with Gasteiger partial charge in [-0.3, -0.25) is 4.57 Å². The fraction of sp³-hybridized carbons (Fsp3) is 0.0588. The third kappa shape index (κ3) is 3.35. The summed E-state index contributed by atoms with van der Waals surface area (Å²) in [4.78, 5) is 9.01. The number of aromatic nitrogens is 3. The Bertz CT molecular complexity index is 1090. The summed E-state index contributed by atoms with van der Waals surface area (Å²) >= 11 is 23.3. The second-order valence-corrected chi connectivity index (χ2v) is 7.88. The molecule has 0 aliphatic carbocycles. The first-order valence-electron chi connectivity index (χ1n) is 7.19. The molecule has 25 heavy (non-hydrogen) atoms. The summed E-state index contributed by atoms with van der Waals surface area (Å²) in [5, 5.41) is 1.55. The lowest BCUT2D eigenvalue weighted by atomic mass is 10.2. The highest BCUT2D eigenvalue weighted by Gasteiger charge is 2.22. The number of pyridine rings is 1. The molecule has 0 fully saturated rings. The SMILES string of the molecule is Clc1cccc2ccc(-n3cnc4ccc(OC(Cl)(Cl)Cl)cc43)nc12. The molecular formula is C17H9Cl4N3O. The van der Waals surface area contributed by atoms with Gasteiger partial charge in [-0.25, -0.2) is 9.97 Å². The molecule has 0 spiro atoms. The van der Waals surface area contributed by atoms with Crippen LogP contribution in [0.15, 0.2) is 54.9 Å². The van der Waals surface area contributed by atoms with Crippen molar-refractivity contribution in [3.8, 4) is 11.6 Å². The number of fused-ring (bicyclic) bond motifs is 2. The summed E-state index contributed by atoms with van der Waals surface area (Å²) in [6.45, 7) is 0. The maximum absolute atomic E-state index is 6.26. The van der Waals surface area contributed by atoms with Gasteiger partial charge < -0.3 is 4.74 Å². The molecule has 2 aromatic heterocycles. The van der Waals surface area contributed by atoms with Crippen molar-refractivity contribution in [2.45, 2.75) is 3.98 Å². The maximum Gasteiger partial charge on any atom is 0.338 e. The number of imidazole rings is 1. The van der Waals surface area contributed by atoms with E-state index >= 15 is 0 Å². The van der Waals surface area contributed by atoms with Gasteiger partial charge in [-0.2, -0.15) is 0 Å². The molecular weight excluding hydrogens is 404 g/mol. The number of rotatable bonds is 2. The van der Waals surface area contributed by atoms with Gasteiger partial charge in [0.15, 0.2) is 0 Å². The molecule has 0 unspecified atom stereocenters. The lowest BCUT2D eigenvalue weighted by molar-refractivity contribution is 0.321. The number of hydrogen-bond acceptors (Lipinski definition) is 3. The lowest BCUT2D eigenvalue weighted by Gasteiger charge is -2.13. The number of hydrogen-bond donors (Lipinski definition) is 0. The number of halogens is 4. The zero-order valence-electron chi connectivity index (χ0n) is 12.5. The molecule has 4 nitrogen and oxygen atoms in total. The Morgan fingerprint density at radius 3 is 2.64 bits per heavy atom. The summed E-state index contributed by atoms with van der Waals surface area (Å²) in [6.07, 6.45) is 1.68. The van der Waals surface area contributed by atoms with Crippen molar-refractivity contribution in [2.75, 3.05) is 0 Å². The van der Waals surface area contributed by atoms with Crippen LogP contribution in [0, 0.1) is 0 Å². The predicted molar refractivity (Wildman–Crippen MR) is 102 cm³/mol.